The molecule has 0 spiro atoms. The largest absolute Gasteiger partial charge is 0.394 e. The van der Waals surface area contributed by atoms with Crippen molar-refractivity contribution in [3.05, 3.63) is 32.6 Å². The van der Waals surface area contributed by atoms with E-state index in [0.29, 0.717) is 5.56 Å². The van der Waals surface area contributed by atoms with Gasteiger partial charge in [-0.05, 0) is 6.92 Å². The van der Waals surface area contributed by atoms with Crippen LogP contribution in [0.5, 0.6) is 0 Å². The SMILES string of the molecule is Cc1cn([C@@H]2O[C@H](CO)[C@@H](O)[C@H]2OCCN)c(=O)[nH]c1=O. The molecule has 0 aliphatic carbocycles. The normalized spacial score (nSPS) is 29.0. The van der Waals surface area contributed by atoms with Crippen molar-refractivity contribution in [2.45, 2.75) is 31.5 Å². The number of nitrogens with two attached hydrogens (primary N) is 1. The molecule has 1 aromatic rings. The highest BCUT2D eigenvalue weighted by molar-refractivity contribution is 5.03. The average molecular weight is 301 g/mol. The maximum Gasteiger partial charge on any atom is 0.330 e. The lowest BCUT2D eigenvalue weighted by Crippen LogP contribution is -2.40. The topological polar surface area (TPSA) is 140 Å². The number of aromatic nitrogens is 2. The third-order valence-corrected chi connectivity index (χ3v) is 3.34. The Balaban J connectivity index is 2.37. The van der Waals surface area contributed by atoms with Crippen LogP contribution in [0.15, 0.2) is 15.8 Å². The summed E-state index contributed by atoms with van der Waals surface area (Å²) in [5.41, 5.74) is 4.51. The van der Waals surface area contributed by atoms with Crippen molar-refractivity contribution >= 4 is 0 Å². The molecule has 0 saturated carbocycles. The monoisotopic (exact) mass is 301 g/mol. The maximum absolute atomic E-state index is 11.9. The summed E-state index contributed by atoms with van der Waals surface area (Å²) >= 11 is 0. The van der Waals surface area contributed by atoms with Crippen molar-refractivity contribution in [2.75, 3.05) is 19.8 Å². The highest BCUT2D eigenvalue weighted by atomic mass is 16.6. The Morgan fingerprint density at radius 1 is 1.52 bits per heavy atom. The Morgan fingerprint density at radius 2 is 2.24 bits per heavy atom. The maximum atomic E-state index is 11.9. The van der Waals surface area contributed by atoms with Gasteiger partial charge in [0.15, 0.2) is 6.23 Å². The third-order valence-electron chi connectivity index (χ3n) is 3.34. The minimum absolute atomic E-state index is 0.164. The predicted octanol–water partition coefficient (Wildman–Crippen LogP) is -2.56. The molecule has 2 heterocycles. The van der Waals surface area contributed by atoms with Gasteiger partial charge in [-0.15, -0.1) is 0 Å². The quantitative estimate of drug-likeness (QED) is 0.469. The summed E-state index contributed by atoms with van der Waals surface area (Å²) in [5, 5.41) is 19.3. The Labute approximate surface area is 119 Å². The van der Waals surface area contributed by atoms with Gasteiger partial charge in [-0.1, -0.05) is 0 Å². The Morgan fingerprint density at radius 3 is 2.86 bits per heavy atom. The van der Waals surface area contributed by atoms with Gasteiger partial charge < -0.3 is 25.4 Å². The van der Waals surface area contributed by atoms with Crippen molar-refractivity contribution in [3.8, 4) is 0 Å². The van der Waals surface area contributed by atoms with E-state index in [-0.39, 0.29) is 13.2 Å². The van der Waals surface area contributed by atoms with E-state index < -0.39 is 42.4 Å². The van der Waals surface area contributed by atoms with Crippen molar-refractivity contribution in [2.24, 2.45) is 5.73 Å². The highest BCUT2D eigenvalue weighted by Crippen LogP contribution is 2.30. The van der Waals surface area contributed by atoms with Crippen LogP contribution in [0.3, 0.4) is 0 Å². The summed E-state index contributed by atoms with van der Waals surface area (Å²) in [6, 6.07) is 0. The number of H-pyrrole nitrogens is 1. The lowest BCUT2D eigenvalue weighted by Gasteiger charge is -2.22. The number of nitrogens with one attached hydrogen (secondary N) is 1. The van der Waals surface area contributed by atoms with Crippen LogP contribution < -0.4 is 17.0 Å². The molecule has 9 heteroatoms. The molecule has 118 valence electrons. The fraction of sp³-hybridized carbons (Fsp3) is 0.667. The van der Waals surface area contributed by atoms with Crippen molar-refractivity contribution in [1.29, 1.82) is 0 Å². The van der Waals surface area contributed by atoms with Gasteiger partial charge in [0.1, 0.15) is 18.3 Å². The fourth-order valence-corrected chi connectivity index (χ4v) is 2.25. The fourth-order valence-electron chi connectivity index (χ4n) is 2.25. The first kappa shape index (κ1) is 15.9. The smallest absolute Gasteiger partial charge is 0.330 e. The minimum atomic E-state index is -1.11. The van der Waals surface area contributed by atoms with Crippen LogP contribution in [0, 0.1) is 6.92 Å². The zero-order chi connectivity index (χ0) is 15.6. The molecule has 1 aromatic heterocycles. The van der Waals surface area contributed by atoms with E-state index in [4.69, 9.17) is 15.2 Å². The molecule has 0 amide bonds. The van der Waals surface area contributed by atoms with E-state index in [1.54, 1.807) is 6.92 Å². The molecule has 4 atom stereocenters. The lowest BCUT2D eigenvalue weighted by molar-refractivity contribution is -0.0727. The minimum Gasteiger partial charge on any atom is -0.394 e. The standard InChI is InChI=1S/C12H19N3O6/c1-6-4-15(12(19)14-10(6)18)11-9(20-3-2-13)8(17)7(5-16)21-11/h4,7-9,11,16-17H,2-3,5,13H2,1H3,(H,14,18,19)/t7-,8-,9-,11-/m1/s1. The third kappa shape index (κ3) is 3.06. The van der Waals surface area contributed by atoms with E-state index in [2.05, 4.69) is 4.98 Å². The summed E-state index contributed by atoms with van der Waals surface area (Å²) in [7, 11) is 0. The van der Waals surface area contributed by atoms with Gasteiger partial charge in [-0.2, -0.15) is 0 Å². The Hall–Kier alpha value is -1.52. The van der Waals surface area contributed by atoms with Crippen LogP contribution in [0.25, 0.3) is 0 Å². The second-order valence-corrected chi connectivity index (χ2v) is 4.84. The summed E-state index contributed by atoms with van der Waals surface area (Å²) in [5.74, 6) is 0. The van der Waals surface area contributed by atoms with Gasteiger partial charge in [0, 0.05) is 18.3 Å². The number of hydrogen-bond acceptors (Lipinski definition) is 7. The highest BCUT2D eigenvalue weighted by Gasteiger charge is 2.45. The first-order valence-electron chi connectivity index (χ1n) is 6.57. The molecular weight excluding hydrogens is 282 g/mol. The van der Waals surface area contributed by atoms with Crippen LogP contribution in [0.4, 0.5) is 0 Å². The average Bonchev–Trinajstić information content (AvgIpc) is 2.77. The van der Waals surface area contributed by atoms with Gasteiger partial charge in [0.2, 0.25) is 0 Å². The van der Waals surface area contributed by atoms with Crippen LogP contribution in [0.2, 0.25) is 0 Å². The molecule has 5 N–H and O–H groups in total. The van der Waals surface area contributed by atoms with E-state index in [9.17, 15) is 19.8 Å². The van der Waals surface area contributed by atoms with Crippen LogP contribution in [-0.4, -0.2) is 57.8 Å². The molecule has 1 saturated heterocycles. The number of aromatic amines is 1. The molecule has 21 heavy (non-hydrogen) atoms. The molecule has 9 nitrogen and oxygen atoms in total. The summed E-state index contributed by atoms with van der Waals surface area (Å²) in [6.07, 6.45) is -2.47. The molecule has 1 fully saturated rings. The van der Waals surface area contributed by atoms with Crippen LogP contribution in [0.1, 0.15) is 11.8 Å². The second-order valence-electron chi connectivity index (χ2n) is 4.84. The summed E-state index contributed by atoms with van der Waals surface area (Å²) in [6.45, 7) is 1.52. The first-order chi connectivity index (χ1) is 9.99. The molecule has 2 rings (SSSR count). The number of aliphatic hydroxyl groups is 2. The molecule has 0 unspecified atom stereocenters. The van der Waals surface area contributed by atoms with Gasteiger partial charge in [-0.3, -0.25) is 14.3 Å². The number of ether oxygens (including phenoxy) is 2. The van der Waals surface area contributed by atoms with E-state index >= 15 is 0 Å². The molecule has 1 aliphatic rings. The Kier molecular flexibility index (Phi) is 4.91. The van der Waals surface area contributed by atoms with E-state index in [1.807, 2.05) is 0 Å². The van der Waals surface area contributed by atoms with Gasteiger partial charge in [0.25, 0.3) is 5.56 Å². The van der Waals surface area contributed by atoms with Gasteiger partial charge >= 0.3 is 5.69 Å². The van der Waals surface area contributed by atoms with Crippen LogP contribution >= 0.6 is 0 Å². The molecule has 1 aliphatic heterocycles. The van der Waals surface area contributed by atoms with Crippen LogP contribution in [-0.2, 0) is 9.47 Å². The van der Waals surface area contributed by atoms with Crippen molar-refractivity contribution < 1.29 is 19.7 Å². The first-order valence-corrected chi connectivity index (χ1v) is 6.57. The zero-order valence-corrected chi connectivity index (χ0v) is 11.6. The van der Waals surface area contributed by atoms with E-state index in [0.717, 1.165) is 4.57 Å². The van der Waals surface area contributed by atoms with Gasteiger partial charge in [-0.25, -0.2) is 4.79 Å². The van der Waals surface area contributed by atoms with Gasteiger partial charge in [0.05, 0.1) is 13.2 Å². The lowest BCUT2D eigenvalue weighted by atomic mass is 10.1. The number of aliphatic hydroxyl groups excluding tert-OH is 2. The molecular formula is C12H19N3O6. The number of hydrogen-bond donors (Lipinski definition) is 4. The number of aryl methyl sites for hydroxylation is 1. The predicted molar refractivity (Wildman–Crippen MR) is 71.9 cm³/mol. The zero-order valence-electron chi connectivity index (χ0n) is 11.6. The summed E-state index contributed by atoms with van der Waals surface area (Å²) in [4.78, 5) is 25.5. The number of nitrogens with zero attached hydrogens (tertiary/aromatic N) is 1. The molecule has 0 radical (unpaired) electrons. The second kappa shape index (κ2) is 6.50. The molecule has 0 bridgehead atoms. The Bertz CT molecular complexity index is 597. The number of rotatable bonds is 5. The van der Waals surface area contributed by atoms with Crippen molar-refractivity contribution in [3.63, 3.8) is 0 Å². The van der Waals surface area contributed by atoms with Crippen molar-refractivity contribution in [1.82, 2.24) is 9.55 Å². The molecule has 0 aromatic carbocycles. The summed E-state index contributed by atoms with van der Waals surface area (Å²) < 4.78 is 12.0. The van der Waals surface area contributed by atoms with E-state index in [1.165, 1.54) is 6.20 Å².